The van der Waals surface area contributed by atoms with Crippen molar-refractivity contribution in [1.29, 1.82) is 5.26 Å². The molecule has 512 valence electrons. The van der Waals surface area contributed by atoms with Crippen LogP contribution in [0.15, 0.2) is 121 Å². The normalized spacial score (nSPS) is 11.7. The summed E-state index contributed by atoms with van der Waals surface area (Å²) in [5.41, 5.74) is -1.74. The van der Waals surface area contributed by atoms with Gasteiger partial charge in [0.05, 0.1) is 24.8 Å². The van der Waals surface area contributed by atoms with Crippen LogP contribution in [0.4, 0.5) is 77.2 Å². The number of nitrogens with zero attached hydrogens (tertiary/aromatic N) is 3. The molecule has 0 heterocycles. The molecule has 0 atom stereocenters. The van der Waals surface area contributed by atoms with Crippen molar-refractivity contribution >= 4 is 43.7 Å². The molecule has 0 aliphatic heterocycles. The summed E-state index contributed by atoms with van der Waals surface area (Å²) in [4.78, 5) is 5.79. The Morgan fingerprint density at radius 3 is 0.885 bits per heavy atom. The van der Waals surface area contributed by atoms with E-state index in [9.17, 15) is 65.9 Å². The lowest BCUT2D eigenvalue weighted by molar-refractivity contribution is -0.137. The van der Waals surface area contributed by atoms with Crippen LogP contribution in [0.2, 0.25) is 0 Å². The molecule has 0 fully saturated rings. The first-order chi connectivity index (χ1) is 43.7. The van der Waals surface area contributed by atoms with Gasteiger partial charge >= 0.3 is 6.18 Å². The third kappa shape index (κ3) is 21.9. The molecule has 0 bridgehead atoms. The summed E-state index contributed by atoms with van der Waals surface area (Å²) < 4.78 is 194. The van der Waals surface area contributed by atoms with Gasteiger partial charge in [-0.2, -0.15) is 18.4 Å². The van der Waals surface area contributed by atoms with Gasteiger partial charge in [0.2, 0.25) is 5.82 Å². The highest BCUT2D eigenvalue weighted by Gasteiger charge is 2.34. The quantitative estimate of drug-likeness (QED) is 0.0490. The van der Waals surface area contributed by atoms with E-state index in [2.05, 4.69) is 137 Å². The van der Waals surface area contributed by atoms with E-state index >= 15 is 0 Å². The molecule has 9 rings (SSSR count). The van der Waals surface area contributed by atoms with Crippen LogP contribution in [0.1, 0.15) is 176 Å². The van der Waals surface area contributed by atoms with E-state index in [-0.39, 0.29) is 16.2 Å². The summed E-state index contributed by atoms with van der Waals surface area (Å²) in [7, 11) is 0. The van der Waals surface area contributed by atoms with Crippen molar-refractivity contribution in [3.63, 3.8) is 0 Å². The molecular formula is C78H80F15N3. The van der Waals surface area contributed by atoms with Gasteiger partial charge in [0, 0.05) is 16.7 Å². The van der Waals surface area contributed by atoms with Crippen LogP contribution < -0.4 is 0 Å². The SMILES string of the molecule is CC(C)(C)C.CC(C)(C)c1c(F)c(F)c(F)c(F)c1F.CC(C)(C)c1cc(F)c(F)c(F)c1.Cc1cc(C(C)(C)C)cc(C(F)(F)F)c1.[C-]#[N+]c1c(F)c(F)c(C(C)(C)C)c(F)c1F.[C-]#[N+]c1cc(C#N)cc(C(C)(C)C)c1.c1ccc2c(c1)c1ccccc1c1ccccc21. The molecule has 9 aromatic rings. The Hall–Kier alpha value is -8.82. The van der Waals surface area contributed by atoms with E-state index in [1.807, 2.05) is 32.9 Å². The highest BCUT2D eigenvalue weighted by atomic mass is 19.4. The van der Waals surface area contributed by atoms with Crippen LogP contribution >= 0.6 is 0 Å². The van der Waals surface area contributed by atoms with Crippen LogP contribution in [0.25, 0.3) is 42.0 Å². The number of aryl methyl sites for hydroxylation is 1. The average Bonchev–Trinajstić information content (AvgIpc) is 0.758. The number of alkyl halides is 3. The Morgan fingerprint density at radius 2 is 0.615 bits per heavy atom. The zero-order valence-electron chi connectivity index (χ0n) is 57.6. The van der Waals surface area contributed by atoms with Gasteiger partial charge in [-0.25, -0.2) is 62.4 Å². The Morgan fingerprint density at radius 1 is 0.333 bits per heavy atom. The fourth-order valence-corrected chi connectivity index (χ4v) is 9.04. The van der Waals surface area contributed by atoms with Gasteiger partial charge in [0.25, 0.3) is 5.69 Å². The lowest BCUT2D eigenvalue weighted by atomic mass is 9.85. The zero-order valence-corrected chi connectivity index (χ0v) is 57.6. The van der Waals surface area contributed by atoms with Gasteiger partial charge in [0.1, 0.15) is 0 Å². The Kier molecular flexibility index (Phi) is 27.0. The summed E-state index contributed by atoms with van der Waals surface area (Å²) in [6.45, 7) is 49.5. The third-order valence-corrected chi connectivity index (χ3v) is 13.9. The molecule has 0 saturated carbocycles. The maximum Gasteiger partial charge on any atom is 0.416 e. The van der Waals surface area contributed by atoms with Gasteiger partial charge in [0.15, 0.2) is 69.7 Å². The van der Waals surface area contributed by atoms with Gasteiger partial charge < -0.3 is 0 Å². The molecule has 0 aromatic heterocycles. The molecular weight excluding hydrogens is 1260 g/mol. The number of hydrogen-bond donors (Lipinski definition) is 0. The van der Waals surface area contributed by atoms with Crippen molar-refractivity contribution in [2.24, 2.45) is 5.41 Å². The predicted molar refractivity (Wildman–Crippen MR) is 356 cm³/mol. The topological polar surface area (TPSA) is 32.5 Å². The molecule has 0 saturated heterocycles. The number of nitriles is 1. The molecule has 0 aliphatic rings. The van der Waals surface area contributed by atoms with Crippen LogP contribution in [0.3, 0.4) is 0 Å². The van der Waals surface area contributed by atoms with Crippen LogP contribution in [0, 0.1) is 107 Å². The molecule has 0 N–H and O–H groups in total. The zero-order chi connectivity index (χ0) is 73.9. The average molecular weight is 1340 g/mol. The van der Waals surface area contributed by atoms with Crippen molar-refractivity contribution in [1.82, 2.24) is 0 Å². The first-order valence-corrected chi connectivity index (χ1v) is 30.1. The minimum absolute atomic E-state index is 0.0215. The van der Waals surface area contributed by atoms with Crippen LogP contribution in [0.5, 0.6) is 0 Å². The second-order valence-corrected chi connectivity index (χ2v) is 29.3. The third-order valence-electron chi connectivity index (χ3n) is 13.9. The smallest absolute Gasteiger partial charge is 0.238 e. The van der Waals surface area contributed by atoms with Crippen molar-refractivity contribution in [3.05, 3.63) is 258 Å². The van der Waals surface area contributed by atoms with Crippen molar-refractivity contribution in [2.45, 2.75) is 172 Å². The Labute approximate surface area is 554 Å². The summed E-state index contributed by atoms with van der Waals surface area (Å²) in [5.74, 6) is -19.4. The second-order valence-electron chi connectivity index (χ2n) is 29.3. The first-order valence-electron chi connectivity index (χ1n) is 30.1. The maximum absolute atomic E-state index is 13.5. The maximum atomic E-state index is 13.5. The summed E-state index contributed by atoms with van der Waals surface area (Å²) >= 11 is 0. The van der Waals surface area contributed by atoms with Crippen molar-refractivity contribution in [3.8, 4) is 6.07 Å². The molecule has 9 aromatic carbocycles. The fraction of sp³-hybridized carbons (Fsp3) is 0.346. The molecule has 0 spiro atoms. The molecule has 18 heteroatoms. The Bertz CT molecular complexity index is 4000. The van der Waals surface area contributed by atoms with E-state index in [0.717, 1.165) is 23.3 Å². The molecule has 0 aliphatic carbocycles. The lowest BCUT2D eigenvalue weighted by Gasteiger charge is -2.21. The fourth-order valence-electron chi connectivity index (χ4n) is 9.04. The molecule has 96 heavy (non-hydrogen) atoms. The number of fused-ring (bicyclic) bond motifs is 6. The lowest BCUT2D eigenvalue weighted by Crippen LogP contribution is -2.20. The number of halogens is 15. The van der Waals surface area contributed by atoms with Crippen molar-refractivity contribution < 1.29 is 65.9 Å². The summed E-state index contributed by atoms with van der Waals surface area (Å²) in [6.07, 6.45) is -4.26. The van der Waals surface area contributed by atoms with Crippen molar-refractivity contribution in [2.75, 3.05) is 0 Å². The summed E-state index contributed by atoms with van der Waals surface area (Å²) in [6, 6.07) is 39.6. The van der Waals surface area contributed by atoms with Crippen LogP contribution in [-0.2, 0) is 33.3 Å². The van der Waals surface area contributed by atoms with Gasteiger partial charge in [-0.15, -0.1) is 0 Å². The largest absolute Gasteiger partial charge is 0.416 e. The number of rotatable bonds is 0. The van der Waals surface area contributed by atoms with Gasteiger partial charge in [-0.1, -0.05) is 228 Å². The second kappa shape index (κ2) is 31.8. The molecule has 0 unspecified atom stereocenters. The summed E-state index contributed by atoms with van der Waals surface area (Å²) in [5, 5.41) is 16.8. The molecule has 3 nitrogen and oxygen atoms in total. The van der Waals surface area contributed by atoms with Gasteiger partial charge in [-0.05, 0) is 119 Å². The highest BCUT2D eigenvalue weighted by Crippen LogP contribution is 2.39. The predicted octanol–water partition coefficient (Wildman–Crippen LogP) is 26.1. The van der Waals surface area contributed by atoms with E-state index in [4.69, 9.17) is 18.4 Å². The monoisotopic (exact) mass is 1340 g/mol. The standard InChI is InChI=1S/C18H12.C12H15F3.C12H12N2.C11H9F4N.C10H9F5.C10H11F3.C5H12/c1-2-8-14-13(7-1)15-9-3-4-11-17(15)18-12-6-5-10-16(14)18;1-8-5-9(11(2,3)4)7-10(6-8)12(13,14)15;1-12(2,3)10-5-9(8-13)6-11(7-10)14-4;1-11(2,3)5-6(12)8(14)10(16-4)9(15)7(5)13;1-10(2,3)4-5(11)7(13)9(15)8(14)6(4)12;1-10(2,3)6-4-7(11)9(13)8(12)5-6;1-5(2,3)4/h1-12H;5-7H,1-4H3;5-7H,1-3H3;1-3H3;1-3H3;4-5H,1-3H3;1-4H3. The van der Waals surface area contributed by atoms with E-state index in [1.165, 1.54) is 86.0 Å². The van der Waals surface area contributed by atoms with Gasteiger partial charge in [-0.3, -0.25) is 0 Å². The van der Waals surface area contributed by atoms with E-state index in [1.54, 1.807) is 39.8 Å². The number of benzene rings is 9. The van der Waals surface area contributed by atoms with E-state index in [0.29, 0.717) is 27.8 Å². The van der Waals surface area contributed by atoms with E-state index < -0.39 is 109 Å². The van der Waals surface area contributed by atoms with Crippen LogP contribution in [-0.4, -0.2) is 0 Å². The minimum atomic E-state index is -4.26. The molecule has 0 radical (unpaired) electrons. The molecule has 0 amide bonds. The minimum Gasteiger partial charge on any atom is -0.238 e. The highest BCUT2D eigenvalue weighted by molar-refractivity contribution is 6.25. The Balaban J connectivity index is 0.000000297. The number of hydrogen-bond acceptors (Lipinski definition) is 1. The first kappa shape index (κ1) is 81.4.